The molecule has 0 heterocycles. The van der Waals surface area contributed by atoms with Crippen LogP contribution in [0.1, 0.15) is 18.1 Å². The van der Waals surface area contributed by atoms with Crippen LogP contribution in [0.2, 0.25) is 0 Å². The highest BCUT2D eigenvalue weighted by Gasteiger charge is 2.11. The van der Waals surface area contributed by atoms with Crippen LogP contribution < -0.4 is 10.1 Å². The van der Waals surface area contributed by atoms with Crippen molar-refractivity contribution in [1.29, 1.82) is 5.26 Å². The van der Waals surface area contributed by atoms with Crippen LogP contribution in [0.4, 0.5) is 0 Å². The van der Waals surface area contributed by atoms with Gasteiger partial charge in [-0.3, -0.25) is 4.79 Å². The molecule has 0 amide bonds. The monoisotopic (exact) mass is 234 g/mol. The van der Waals surface area contributed by atoms with E-state index in [-0.39, 0.29) is 0 Å². The molecular formula is C12H14N2O3. The molecular weight excluding hydrogens is 220 g/mol. The SMILES string of the molecule is COc1ccc(C#N)cc1CN[C@@H](C)C(=O)O. The standard InChI is InChI=1S/C12H14N2O3/c1-8(12(15)16)14-7-10-5-9(6-13)3-4-11(10)17-2/h3-5,8,14H,7H2,1-2H3,(H,15,16)/t8-/m0/s1. The Morgan fingerprint density at radius 3 is 2.88 bits per heavy atom. The number of ether oxygens (including phenoxy) is 1. The predicted molar refractivity (Wildman–Crippen MR) is 61.6 cm³/mol. The highest BCUT2D eigenvalue weighted by atomic mass is 16.5. The van der Waals surface area contributed by atoms with E-state index in [1.165, 1.54) is 7.11 Å². The van der Waals surface area contributed by atoms with Crippen molar-refractivity contribution >= 4 is 5.97 Å². The van der Waals surface area contributed by atoms with E-state index in [1.54, 1.807) is 25.1 Å². The van der Waals surface area contributed by atoms with Gasteiger partial charge in [-0.1, -0.05) is 0 Å². The molecule has 0 saturated heterocycles. The number of aliphatic carboxylic acids is 1. The largest absolute Gasteiger partial charge is 0.496 e. The van der Waals surface area contributed by atoms with E-state index in [4.69, 9.17) is 15.1 Å². The van der Waals surface area contributed by atoms with Crippen molar-refractivity contribution in [2.75, 3.05) is 7.11 Å². The topological polar surface area (TPSA) is 82.3 Å². The van der Waals surface area contributed by atoms with Crippen LogP contribution in [0.25, 0.3) is 0 Å². The molecule has 0 fully saturated rings. The molecule has 1 aromatic carbocycles. The van der Waals surface area contributed by atoms with Gasteiger partial charge in [0.05, 0.1) is 18.7 Å². The van der Waals surface area contributed by atoms with Gasteiger partial charge in [0.2, 0.25) is 0 Å². The third-order valence-electron chi connectivity index (χ3n) is 2.38. The molecule has 0 aromatic heterocycles. The second-order valence-corrected chi connectivity index (χ2v) is 3.58. The maximum absolute atomic E-state index is 10.7. The second kappa shape index (κ2) is 5.87. The van der Waals surface area contributed by atoms with Crippen molar-refractivity contribution in [2.24, 2.45) is 0 Å². The quantitative estimate of drug-likeness (QED) is 0.798. The molecule has 0 unspecified atom stereocenters. The lowest BCUT2D eigenvalue weighted by Gasteiger charge is -2.12. The van der Waals surface area contributed by atoms with Crippen molar-refractivity contribution in [3.05, 3.63) is 29.3 Å². The molecule has 0 bridgehead atoms. The first kappa shape index (κ1) is 13.0. The van der Waals surface area contributed by atoms with Crippen molar-refractivity contribution in [3.8, 4) is 11.8 Å². The minimum absolute atomic E-state index is 0.339. The summed E-state index contributed by atoms with van der Waals surface area (Å²) >= 11 is 0. The van der Waals surface area contributed by atoms with Crippen LogP contribution in [0.15, 0.2) is 18.2 Å². The number of nitrogens with zero attached hydrogens (tertiary/aromatic N) is 1. The molecule has 0 radical (unpaired) electrons. The van der Waals surface area contributed by atoms with Gasteiger partial charge >= 0.3 is 5.97 Å². The number of nitrogens with one attached hydrogen (secondary N) is 1. The fraction of sp³-hybridized carbons (Fsp3) is 0.333. The highest BCUT2D eigenvalue weighted by molar-refractivity contribution is 5.72. The number of carboxylic acid groups (broad SMARTS) is 1. The average Bonchev–Trinajstić information content (AvgIpc) is 2.35. The minimum Gasteiger partial charge on any atom is -0.496 e. The zero-order valence-corrected chi connectivity index (χ0v) is 9.73. The second-order valence-electron chi connectivity index (χ2n) is 3.58. The van der Waals surface area contributed by atoms with E-state index in [9.17, 15) is 4.79 Å². The Kier molecular flexibility index (Phi) is 4.49. The van der Waals surface area contributed by atoms with Crippen molar-refractivity contribution in [2.45, 2.75) is 19.5 Å². The number of rotatable bonds is 5. The van der Waals surface area contributed by atoms with E-state index in [2.05, 4.69) is 5.32 Å². The first-order chi connectivity index (χ1) is 8.08. The average molecular weight is 234 g/mol. The zero-order valence-electron chi connectivity index (χ0n) is 9.73. The van der Waals surface area contributed by atoms with E-state index >= 15 is 0 Å². The van der Waals surface area contributed by atoms with E-state index in [0.717, 1.165) is 5.56 Å². The van der Waals surface area contributed by atoms with Crippen LogP contribution in [0, 0.1) is 11.3 Å². The number of methoxy groups -OCH3 is 1. The summed E-state index contributed by atoms with van der Waals surface area (Å²) in [7, 11) is 1.53. The molecule has 5 nitrogen and oxygen atoms in total. The maximum Gasteiger partial charge on any atom is 0.320 e. The number of carboxylic acids is 1. The van der Waals surface area contributed by atoms with Crippen LogP contribution in [-0.4, -0.2) is 24.2 Å². The van der Waals surface area contributed by atoms with Gasteiger partial charge in [0, 0.05) is 12.1 Å². The molecule has 5 heteroatoms. The van der Waals surface area contributed by atoms with E-state index in [0.29, 0.717) is 17.9 Å². The number of hydrogen-bond donors (Lipinski definition) is 2. The number of nitriles is 1. The van der Waals surface area contributed by atoms with Gasteiger partial charge in [0.1, 0.15) is 11.8 Å². The lowest BCUT2D eigenvalue weighted by molar-refractivity contribution is -0.139. The molecule has 0 aliphatic carbocycles. The van der Waals surface area contributed by atoms with Gasteiger partial charge in [-0.2, -0.15) is 5.26 Å². The molecule has 0 spiro atoms. The molecule has 90 valence electrons. The summed E-state index contributed by atoms with van der Waals surface area (Å²) in [5, 5.41) is 20.4. The molecule has 0 aliphatic heterocycles. The Hall–Kier alpha value is -2.06. The lowest BCUT2D eigenvalue weighted by Crippen LogP contribution is -2.33. The molecule has 1 aromatic rings. The highest BCUT2D eigenvalue weighted by Crippen LogP contribution is 2.19. The van der Waals surface area contributed by atoms with Crippen LogP contribution >= 0.6 is 0 Å². The molecule has 2 N–H and O–H groups in total. The Balaban J connectivity index is 2.82. The number of carbonyl (C=O) groups is 1. The molecule has 1 rings (SSSR count). The molecule has 1 atom stereocenters. The summed E-state index contributed by atoms with van der Waals surface area (Å²) in [6.07, 6.45) is 0. The van der Waals surface area contributed by atoms with Crippen molar-refractivity contribution < 1.29 is 14.6 Å². The maximum atomic E-state index is 10.7. The molecule has 0 aliphatic rings. The first-order valence-electron chi connectivity index (χ1n) is 5.11. The summed E-state index contributed by atoms with van der Waals surface area (Å²) < 4.78 is 5.14. The normalized spacial score (nSPS) is 11.6. The summed E-state index contributed by atoms with van der Waals surface area (Å²) in [6.45, 7) is 1.90. The summed E-state index contributed by atoms with van der Waals surface area (Å²) in [4.78, 5) is 10.7. The first-order valence-corrected chi connectivity index (χ1v) is 5.11. The Morgan fingerprint density at radius 1 is 1.65 bits per heavy atom. The van der Waals surface area contributed by atoms with E-state index < -0.39 is 12.0 Å². The van der Waals surface area contributed by atoms with Crippen LogP contribution in [0.3, 0.4) is 0 Å². The van der Waals surface area contributed by atoms with Gasteiger partial charge in [0.25, 0.3) is 0 Å². The van der Waals surface area contributed by atoms with Crippen LogP contribution in [-0.2, 0) is 11.3 Å². The van der Waals surface area contributed by atoms with Crippen molar-refractivity contribution in [1.82, 2.24) is 5.32 Å². The van der Waals surface area contributed by atoms with Gasteiger partial charge < -0.3 is 15.2 Å². The minimum atomic E-state index is -0.916. The molecule has 17 heavy (non-hydrogen) atoms. The van der Waals surface area contributed by atoms with Gasteiger partial charge in [-0.05, 0) is 25.1 Å². The smallest absolute Gasteiger partial charge is 0.320 e. The van der Waals surface area contributed by atoms with Crippen molar-refractivity contribution in [3.63, 3.8) is 0 Å². The Bertz CT molecular complexity index is 452. The third kappa shape index (κ3) is 3.47. The molecule has 0 saturated carbocycles. The Labute approximate surface area is 99.6 Å². The Morgan fingerprint density at radius 2 is 2.35 bits per heavy atom. The van der Waals surface area contributed by atoms with Crippen LogP contribution in [0.5, 0.6) is 5.75 Å². The van der Waals surface area contributed by atoms with E-state index in [1.807, 2.05) is 6.07 Å². The fourth-order valence-corrected chi connectivity index (χ4v) is 1.34. The summed E-state index contributed by atoms with van der Waals surface area (Å²) in [5.41, 5.74) is 1.28. The third-order valence-corrected chi connectivity index (χ3v) is 2.38. The van der Waals surface area contributed by atoms with Gasteiger partial charge in [0.15, 0.2) is 0 Å². The summed E-state index contributed by atoms with van der Waals surface area (Å²) in [6, 6.07) is 6.41. The number of benzene rings is 1. The number of hydrogen-bond acceptors (Lipinski definition) is 4. The zero-order chi connectivity index (χ0) is 12.8. The predicted octanol–water partition coefficient (Wildman–Crippen LogP) is 1.13. The summed E-state index contributed by atoms with van der Waals surface area (Å²) in [5.74, 6) is -0.283. The van der Waals surface area contributed by atoms with Gasteiger partial charge in [-0.15, -0.1) is 0 Å². The lowest BCUT2D eigenvalue weighted by atomic mass is 10.1. The van der Waals surface area contributed by atoms with Gasteiger partial charge in [-0.25, -0.2) is 0 Å². The fourth-order valence-electron chi connectivity index (χ4n) is 1.34.